The number of hydrogen-bond acceptors (Lipinski definition) is 3. The highest BCUT2D eigenvalue weighted by atomic mass is 19.1. The monoisotopic (exact) mass is 218 g/mol. The van der Waals surface area contributed by atoms with Crippen molar-refractivity contribution in [2.45, 2.75) is 0 Å². The SMILES string of the molecule is O=Cc1ccnn(-c2ccc(F)cc2)c1=O. The van der Waals surface area contributed by atoms with Gasteiger partial charge in [-0.15, -0.1) is 0 Å². The van der Waals surface area contributed by atoms with Crippen LogP contribution in [0.5, 0.6) is 0 Å². The molecule has 0 aliphatic carbocycles. The van der Waals surface area contributed by atoms with Gasteiger partial charge >= 0.3 is 0 Å². The second-order valence-corrected chi connectivity index (χ2v) is 3.10. The molecule has 0 saturated carbocycles. The number of aromatic nitrogens is 2. The van der Waals surface area contributed by atoms with Gasteiger partial charge in [0.25, 0.3) is 5.56 Å². The summed E-state index contributed by atoms with van der Waals surface area (Å²) in [6.45, 7) is 0. The Bertz CT molecular complexity index is 575. The normalized spacial score (nSPS) is 10.1. The predicted molar refractivity (Wildman–Crippen MR) is 55.2 cm³/mol. The lowest BCUT2D eigenvalue weighted by Gasteiger charge is -2.03. The fourth-order valence-electron chi connectivity index (χ4n) is 1.28. The average molecular weight is 218 g/mol. The van der Waals surface area contributed by atoms with Gasteiger partial charge in [0.1, 0.15) is 5.82 Å². The molecule has 0 aliphatic heterocycles. The molecule has 0 radical (unpaired) electrons. The van der Waals surface area contributed by atoms with E-state index in [1.54, 1.807) is 0 Å². The molecule has 16 heavy (non-hydrogen) atoms. The fourth-order valence-corrected chi connectivity index (χ4v) is 1.28. The van der Waals surface area contributed by atoms with Crippen LogP contribution in [-0.2, 0) is 0 Å². The zero-order chi connectivity index (χ0) is 11.5. The highest BCUT2D eigenvalue weighted by Gasteiger charge is 2.04. The molecule has 4 nitrogen and oxygen atoms in total. The number of aldehydes is 1. The number of rotatable bonds is 2. The van der Waals surface area contributed by atoms with E-state index < -0.39 is 11.4 Å². The lowest BCUT2D eigenvalue weighted by Crippen LogP contribution is -2.23. The molecule has 1 aromatic heterocycles. The summed E-state index contributed by atoms with van der Waals surface area (Å²) in [4.78, 5) is 22.2. The van der Waals surface area contributed by atoms with E-state index in [4.69, 9.17) is 0 Å². The molecular formula is C11H7FN2O2. The van der Waals surface area contributed by atoms with Crippen molar-refractivity contribution in [3.05, 3.63) is 58.3 Å². The molecule has 0 bridgehead atoms. The minimum atomic E-state index is -0.524. The molecule has 0 amide bonds. The Morgan fingerprint density at radius 3 is 2.50 bits per heavy atom. The molecule has 0 aliphatic rings. The fraction of sp³-hybridized carbons (Fsp3) is 0. The third-order valence-electron chi connectivity index (χ3n) is 2.07. The van der Waals surface area contributed by atoms with Gasteiger partial charge in [0.2, 0.25) is 0 Å². The smallest absolute Gasteiger partial charge is 0.282 e. The van der Waals surface area contributed by atoms with Crippen LogP contribution >= 0.6 is 0 Å². The molecule has 0 N–H and O–H groups in total. The molecule has 2 rings (SSSR count). The first-order chi connectivity index (χ1) is 7.72. The Morgan fingerprint density at radius 2 is 1.88 bits per heavy atom. The van der Waals surface area contributed by atoms with E-state index in [2.05, 4.69) is 5.10 Å². The van der Waals surface area contributed by atoms with E-state index in [1.807, 2.05) is 0 Å². The number of carbonyl (C=O) groups is 1. The summed E-state index contributed by atoms with van der Waals surface area (Å²) in [6, 6.07) is 6.60. The Hall–Kier alpha value is -2.30. The molecule has 80 valence electrons. The van der Waals surface area contributed by atoms with Crippen molar-refractivity contribution < 1.29 is 9.18 Å². The summed E-state index contributed by atoms with van der Waals surface area (Å²) in [7, 11) is 0. The minimum absolute atomic E-state index is 0.0133. The standard InChI is InChI=1S/C11H7FN2O2/c12-9-1-3-10(4-2-9)14-11(16)8(7-15)5-6-13-14/h1-7H. The van der Waals surface area contributed by atoms with Crippen molar-refractivity contribution in [2.75, 3.05) is 0 Å². The molecule has 0 spiro atoms. The number of hydrogen-bond donors (Lipinski definition) is 0. The quantitative estimate of drug-likeness (QED) is 0.711. The zero-order valence-corrected chi connectivity index (χ0v) is 8.13. The van der Waals surface area contributed by atoms with Crippen LogP contribution < -0.4 is 5.56 Å². The molecule has 0 unspecified atom stereocenters. The maximum atomic E-state index is 12.7. The van der Waals surface area contributed by atoms with E-state index in [1.165, 1.54) is 36.5 Å². The van der Waals surface area contributed by atoms with Crippen LogP contribution in [0.15, 0.2) is 41.3 Å². The molecule has 2 aromatic rings. The number of halogens is 1. The van der Waals surface area contributed by atoms with Crippen molar-refractivity contribution >= 4 is 6.29 Å². The van der Waals surface area contributed by atoms with Crippen molar-refractivity contribution in [3.63, 3.8) is 0 Å². The summed E-state index contributed by atoms with van der Waals surface area (Å²) in [5.74, 6) is -0.400. The predicted octanol–water partition coefficient (Wildman–Crippen LogP) is 1.18. The minimum Gasteiger partial charge on any atom is -0.298 e. The summed E-state index contributed by atoms with van der Waals surface area (Å²) < 4.78 is 13.7. The Morgan fingerprint density at radius 1 is 1.19 bits per heavy atom. The van der Waals surface area contributed by atoms with Gasteiger partial charge in [0.15, 0.2) is 6.29 Å². The van der Waals surface area contributed by atoms with Gasteiger partial charge in [0, 0.05) is 6.20 Å². The average Bonchev–Trinajstić information content (AvgIpc) is 2.31. The first-order valence-corrected chi connectivity index (χ1v) is 4.52. The summed E-state index contributed by atoms with van der Waals surface area (Å²) in [6.07, 6.45) is 1.80. The van der Waals surface area contributed by atoms with Crippen LogP contribution in [0, 0.1) is 5.82 Å². The highest BCUT2D eigenvalue weighted by molar-refractivity contribution is 5.73. The van der Waals surface area contributed by atoms with Crippen LogP contribution in [0.25, 0.3) is 5.69 Å². The Labute approximate surface area is 90.0 Å². The van der Waals surface area contributed by atoms with Crippen LogP contribution in [0.2, 0.25) is 0 Å². The van der Waals surface area contributed by atoms with E-state index in [-0.39, 0.29) is 5.56 Å². The maximum Gasteiger partial charge on any atom is 0.282 e. The second kappa shape index (κ2) is 4.06. The Kier molecular flexibility index (Phi) is 2.59. The van der Waals surface area contributed by atoms with Crippen LogP contribution in [0.3, 0.4) is 0 Å². The van der Waals surface area contributed by atoms with Crippen LogP contribution in [0.4, 0.5) is 4.39 Å². The highest BCUT2D eigenvalue weighted by Crippen LogP contribution is 2.05. The lowest BCUT2D eigenvalue weighted by molar-refractivity contribution is 0.112. The van der Waals surface area contributed by atoms with Gasteiger partial charge in [-0.3, -0.25) is 9.59 Å². The molecule has 1 aromatic carbocycles. The van der Waals surface area contributed by atoms with Gasteiger partial charge in [-0.1, -0.05) is 0 Å². The van der Waals surface area contributed by atoms with E-state index in [0.29, 0.717) is 12.0 Å². The number of carbonyl (C=O) groups excluding carboxylic acids is 1. The maximum absolute atomic E-state index is 12.7. The first-order valence-electron chi connectivity index (χ1n) is 4.52. The molecule has 0 saturated heterocycles. The third-order valence-corrected chi connectivity index (χ3v) is 2.07. The van der Waals surface area contributed by atoms with Gasteiger partial charge < -0.3 is 0 Å². The second-order valence-electron chi connectivity index (χ2n) is 3.10. The van der Waals surface area contributed by atoms with Gasteiger partial charge in [-0.05, 0) is 30.3 Å². The topological polar surface area (TPSA) is 52.0 Å². The number of benzene rings is 1. The van der Waals surface area contributed by atoms with Crippen LogP contribution in [0.1, 0.15) is 10.4 Å². The van der Waals surface area contributed by atoms with Crippen molar-refractivity contribution in [1.29, 1.82) is 0 Å². The van der Waals surface area contributed by atoms with E-state index in [0.717, 1.165) is 4.68 Å². The van der Waals surface area contributed by atoms with Crippen molar-refractivity contribution in [3.8, 4) is 5.69 Å². The molecule has 5 heteroatoms. The van der Waals surface area contributed by atoms with Crippen molar-refractivity contribution in [2.24, 2.45) is 0 Å². The molecule has 1 heterocycles. The first kappa shape index (κ1) is 10.2. The molecule has 0 atom stereocenters. The van der Waals surface area contributed by atoms with E-state index in [9.17, 15) is 14.0 Å². The van der Waals surface area contributed by atoms with Gasteiger partial charge in [0.05, 0.1) is 11.3 Å². The van der Waals surface area contributed by atoms with Gasteiger partial charge in [-0.2, -0.15) is 9.78 Å². The Balaban J connectivity index is 2.60. The summed E-state index contributed by atoms with van der Waals surface area (Å²) >= 11 is 0. The largest absolute Gasteiger partial charge is 0.298 e. The van der Waals surface area contributed by atoms with Crippen molar-refractivity contribution in [1.82, 2.24) is 9.78 Å². The molecule has 0 fully saturated rings. The number of nitrogens with zero attached hydrogens (tertiary/aromatic N) is 2. The summed E-state index contributed by atoms with van der Waals surface area (Å²) in [5.41, 5.74) is -0.0986. The van der Waals surface area contributed by atoms with Gasteiger partial charge in [-0.25, -0.2) is 4.39 Å². The summed E-state index contributed by atoms with van der Waals surface area (Å²) in [5, 5.41) is 3.81. The lowest BCUT2D eigenvalue weighted by atomic mass is 10.3. The van der Waals surface area contributed by atoms with E-state index >= 15 is 0 Å². The molecular weight excluding hydrogens is 211 g/mol. The third kappa shape index (κ3) is 1.75. The zero-order valence-electron chi connectivity index (χ0n) is 8.13. The van der Waals surface area contributed by atoms with Crippen LogP contribution in [-0.4, -0.2) is 16.1 Å².